The zero-order valence-electron chi connectivity index (χ0n) is 17.0. The van der Waals surface area contributed by atoms with Gasteiger partial charge in [-0.05, 0) is 54.7 Å². The monoisotopic (exact) mass is 477 g/mol. The van der Waals surface area contributed by atoms with Crippen LogP contribution in [-0.4, -0.2) is 25.2 Å². The molecule has 0 aliphatic heterocycles. The van der Waals surface area contributed by atoms with Crippen LogP contribution in [0.2, 0.25) is 5.02 Å². The summed E-state index contributed by atoms with van der Waals surface area (Å²) in [6.45, 7) is 0. The van der Waals surface area contributed by atoms with E-state index in [4.69, 9.17) is 33.3 Å². The van der Waals surface area contributed by atoms with E-state index in [0.717, 1.165) is 12.1 Å². The first kappa shape index (κ1) is 23.2. The number of amides is 1. The van der Waals surface area contributed by atoms with Crippen molar-refractivity contribution in [1.29, 1.82) is 0 Å². The highest BCUT2D eigenvalue weighted by atomic mass is 35.5. The first-order chi connectivity index (χ1) is 15.3. The third-order valence-electron chi connectivity index (χ3n) is 4.30. The average Bonchev–Trinajstić information content (AvgIpc) is 2.75. The van der Waals surface area contributed by atoms with Crippen LogP contribution >= 0.6 is 23.8 Å². The predicted molar refractivity (Wildman–Crippen MR) is 125 cm³/mol. The fraction of sp³-hybridized carbons (Fsp3) is 0.0909. The van der Waals surface area contributed by atoms with Crippen LogP contribution in [0, 0.1) is 11.6 Å². The van der Waals surface area contributed by atoms with Crippen LogP contribution in [0.15, 0.2) is 54.6 Å². The number of thiocarbonyl (C=S) groups is 1. The minimum absolute atomic E-state index is 0.258. The second-order valence-electron chi connectivity index (χ2n) is 6.42. The van der Waals surface area contributed by atoms with Gasteiger partial charge in [0.25, 0.3) is 5.91 Å². The molecule has 0 saturated heterocycles. The summed E-state index contributed by atoms with van der Waals surface area (Å²) in [7, 11) is 3.01. The van der Waals surface area contributed by atoms with E-state index < -0.39 is 17.5 Å². The van der Waals surface area contributed by atoms with Crippen LogP contribution < -0.4 is 25.4 Å². The predicted octanol–water partition coefficient (Wildman–Crippen LogP) is 5.70. The van der Waals surface area contributed by atoms with Crippen molar-refractivity contribution >= 4 is 51.9 Å². The highest BCUT2D eigenvalue weighted by molar-refractivity contribution is 7.80. The zero-order valence-corrected chi connectivity index (χ0v) is 18.5. The lowest BCUT2D eigenvalue weighted by molar-refractivity contribution is 0.102. The number of halogens is 3. The Bertz CT molecular complexity index is 1160. The van der Waals surface area contributed by atoms with Crippen molar-refractivity contribution in [2.45, 2.75) is 0 Å². The second kappa shape index (κ2) is 10.3. The van der Waals surface area contributed by atoms with Gasteiger partial charge in [-0.25, -0.2) is 8.78 Å². The Kier molecular flexibility index (Phi) is 7.45. The quantitative estimate of drug-likeness (QED) is 0.396. The van der Waals surface area contributed by atoms with E-state index in [1.54, 1.807) is 36.4 Å². The summed E-state index contributed by atoms with van der Waals surface area (Å²) >= 11 is 11.5. The molecule has 0 heterocycles. The minimum atomic E-state index is -0.939. The summed E-state index contributed by atoms with van der Waals surface area (Å²) < 4.78 is 37.2. The van der Waals surface area contributed by atoms with Crippen LogP contribution in [0.4, 0.5) is 25.8 Å². The summed E-state index contributed by atoms with van der Waals surface area (Å²) in [6, 6.07) is 12.6. The normalized spacial score (nSPS) is 10.3. The van der Waals surface area contributed by atoms with Crippen molar-refractivity contribution in [3.05, 3.63) is 76.8 Å². The Hall–Kier alpha value is -3.43. The average molecular weight is 478 g/mol. The maximum Gasteiger partial charge on any atom is 0.258 e. The van der Waals surface area contributed by atoms with Crippen molar-refractivity contribution in [3.8, 4) is 11.5 Å². The lowest BCUT2D eigenvalue weighted by Gasteiger charge is -2.15. The van der Waals surface area contributed by atoms with Crippen LogP contribution in [-0.2, 0) is 0 Å². The molecule has 0 atom stereocenters. The molecule has 32 heavy (non-hydrogen) atoms. The lowest BCUT2D eigenvalue weighted by Crippen LogP contribution is -2.19. The van der Waals surface area contributed by atoms with Crippen molar-refractivity contribution in [1.82, 2.24) is 0 Å². The maximum atomic E-state index is 13.8. The molecule has 10 heteroatoms. The van der Waals surface area contributed by atoms with Crippen LogP contribution in [0.25, 0.3) is 0 Å². The smallest absolute Gasteiger partial charge is 0.258 e. The highest BCUT2D eigenvalue weighted by Crippen LogP contribution is 2.36. The molecule has 3 N–H and O–H groups in total. The fourth-order valence-electron chi connectivity index (χ4n) is 2.75. The van der Waals surface area contributed by atoms with Gasteiger partial charge in [0, 0.05) is 23.5 Å². The van der Waals surface area contributed by atoms with E-state index in [2.05, 4.69) is 16.0 Å². The number of hydrogen-bond donors (Lipinski definition) is 3. The fourth-order valence-corrected chi connectivity index (χ4v) is 3.22. The maximum absolute atomic E-state index is 13.8. The number of nitrogens with one attached hydrogen (secondary N) is 3. The molecule has 0 aliphatic carbocycles. The number of rotatable bonds is 6. The molecule has 0 fully saturated rings. The number of ether oxygens (including phenoxy) is 2. The molecule has 0 aliphatic rings. The Morgan fingerprint density at radius 1 is 0.875 bits per heavy atom. The number of hydrogen-bond acceptors (Lipinski definition) is 4. The van der Waals surface area contributed by atoms with E-state index >= 15 is 0 Å². The third-order valence-corrected chi connectivity index (χ3v) is 4.80. The molecule has 3 rings (SSSR count). The summed E-state index contributed by atoms with van der Waals surface area (Å²) in [5.74, 6) is -1.43. The van der Waals surface area contributed by atoms with Gasteiger partial charge >= 0.3 is 0 Å². The van der Waals surface area contributed by atoms with E-state index in [0.29, 0.717) is 39.7 Å². The Labute approximate surface area is 193 Å². The minimum Gasteiger partial charge on any atom is -0.495 e. The van der Waals surface area contributed by atoms with Crippen molar-refractivity contribution in [3.63, 3.8) is 0 Å². The van der Waals surface area contributed by atoms with E-state index in [-0.39, 0.29) is 10.7 Å². The van der Waals surface area contributed by atoms with Crippen molar-refractivity contribution in [2.24, 2.45) is 0 Å². The number of benzene rings is 3. The van der Waals surface area contributed by atoms with Crippen molar-refractivity contribution in [2.75, 3.05) is 30.2 Å². The zero-order chi connectivity index (χ0) is 23.3. The molecule has 3 aromatic rings. The van der Waals surface area contributed by atoms with E-state index in [1.165, 1.54) is 14.2 Å². The summed E-state index contributed by atoms with van der Waals surface area (Å²) in [5, 5.41) is 9.20. The molecule has 0 saturated carbocycles. The standard InChI is InChI=1S/C22H18ClF2N3O3S/c1-30-19-11-20(31-2)18(10-16(19)23)28-22(32)27-14-6-4-13(5-7-14)26-21(29)15-8-3-12(24)9-17(15)25/h3-11H,1-2H3,(H,26,29)(H2,27,28,32). The van der Waals surface area contributed by atoms with Gasteiger partial charge in [0.15, 0.2) is 5.11 Å². The Morgan fingerprint density at radius 2 is 1.50 bits per heavy atom. The molecular weight excluding hydrogens is 460 g/mol. The van der Waals surface area contributed by atoms with Crippen molar-refractivity contribution < 1.29 is 23.0 Å². The van der Waals surface area contributed by atoms with Gasteiger partial charge in [-0.3, -0.25) is 4.79 Å². The molecule has 3 aromatic carbocycles. The van der Waals surface area contributed by atoms with Gasteiger partial charge in [-0.2, -0.15) is 0 Å². The number of anilines is 3. The highest BCUT2D eigenvalue weighted by Gasteiger charge is 2.13. The second-order valence-corrected chi connectivity index (χ2v) is 7.24. The first-order valence-corrected chi connectivity index (χ1v) is 9.95. The van der Waals surface area contributed by atoms with Crippen LogP contribution in [0.5, 0.6) is 11.5 Å². The van der Waals surface area contributed by atoms with Gasteiger partial charge in [0.05, 0.1) is 30.5 Å². The van der Waals surface area contributed by atoms with Crippen LogP contribution in [0.3, 0.4) is 0 Å². The molecule has 0 spiro atoms. The van der Waals surface area contributed by atoms with Gasteiger partial charge in [-0.1, -0.05) is 11.6 Å². The van der Waals surface area contributed by atoms with Gasteiger partial charge in [0.2, 0.25) is 0 Å². The number of carbonyl (C=O) groups excluding carboxylic acids is 1. The van der Waals surface area contributed by atoms with E-state index in [9.17, 15) is 13.6 Å². The number of carbonyl (C=O) groups is 1. The SMILES string of the molecule is COc1cc(OC)c(NC(=S)Nc2ccc(NC(=O)c3ccc(F)cc3F)cc2)cc1Cl. The molecule has 0 aromatic heterocycles. The number of methoxy groups -OCH3 is 2. The molecule has 0 radical (unpaired) electrons. The molecular formula is C22H18ClF2N3O3S. The summed E-state index contributed by atoms with van der Waals surface area (Å²) in [5.41, 5.74) is 1.34. The third kappa shape index (κ3) is 5.63. The lowest BCUT2D eigenvalue weighted by atomic mass is 10.2. The summed E-state index contributed by atoms with van der Waals surface area (Å²) in [4.78, 5) is 12.2. The Balaban J connectivity index is 1.64. The molecule has 0 bridgehead atoms. The van der Waals surface area contributed by atoms with Gasteiger partial charge in [0.1, 0.15) is 23.1 Å². The molecule has 6 nitrogen and oxygen atoms in total. The molecule has 1 amide bonds. The van der Waals surface area contributed by atoms with Gasteiger partial charge < -0.3 is 25.4 Å². The van der Waals surface area contributed by atoms with Crippen LogP contribution in [0.1, 0.15) is 10.4 Å². The first-order valence-electron chi connectivity index (χ1n) is 9.16. The van der Waals surface area contributed by atoms with Gasteiger partial charge in [-0.15, -0.1) is 0 Å². The summed E-state index contributed by atoms with van der Waals surface area (Å²) in [6.07, 6.45) is 0. The molecule has 0 unspecified atom stereocenters. The van der Waals surface area contributed by atoms with E-state index in [1.807, 2.05) is 0 Å². The largest absolute Gasteiger partial charge is 0.495 e. The Morgan fingerprint density at radius 3 is 2.09 bits per heavy atom. The molecule has 166 valence electrons. The topological polar surface area (TPSA) is 71.6 Å².